The van der Waals surface area contributed by atoms with Crippen LogP contribution in [0.1, 0.15) is 30.5 Å². The lowest BCUT2D eigenvalue weighted by atomic mass is 10.0. The lowest BCUT2D eigenvalue weighted by molar-refractivity contribution is -0.140. The summed E-state index contributed by atoms with van der Waals surface area (Å²) in [5.74, 6) is -0.919. The molecular weight excluding hydrogens is 617 g/mol. The molecule has 7 nitrogen and oxygen atoms in total. The smallest absolute Gasteiger partial charge is 0.264 e. The largest absolute Gasteiger partial charge is 0.352 e. The van der Waals surface area contributed by atoms with E-state index in [9.17, 15) is 18.0 Å². The Balaban J connectivity index is 1.82. The molecule has 1 atom stereocenters. The molecule has 4 aromatic rings. The van der Waals surface area contributed by atoms with E-state index >= 15 is 0 Å². The van der Waals surface area contributed by atoms with Crippen LogP contribution in [-0.4, -0.2) is 43.8 Å². The number of carbonyl (C=O) groups is 2. The summed E-state index contributed by atoms with van der Waals surface area (Å²) >= 11 is 12.6. The Labute approximate surface area is 269 Å². The normalized spacial score (nSPS) is 12.0. The molecule has 44 heavy (non-hydrogen) atoms. The summed E-state index contributed by atoms with van der Waals surface area (Å²) in [5, 5.41) is 3.76. The van der Waals surface area contributed by atoms with Crippen LogP contribution in [0.5, 0.6) is 0 Å². The highest BCUT2D eigenvalue weighted by molar-refractivity contribution is 7.92. The minimum Gasteiger partial charge on any atom is -0.352 e. The number of benzene rings is 4. The number of hydrogen-bond acceptors (Lipinski definition) is 4. The first-order valence-electron chi connectivity index (χ1n) is 14.2. The maximum absolute atomic E-state index is 14.5. The quantitative estimate of drug-likeness (QED) is 0.186. The van der Waals surface area contributed by atoms with Gasteiger partial charge >= 0.3 is 0 Å². The van der Waals surface area contributed by atoms with Gasteiger partial charge in [0, 0.05) is 29.1 Å². The van der Waals surface area contributed by atoms with Crippen molar-refractivity contribution >= 4 is 50.7 Å². The molecule has 0 heterocycles. The van der Waals surface area contributed by atoms with Gasteiger partial charge in [-0.05, 0) is 73.9 Å². The number of sulfonamides is 1. The number of nitrogens with one attached hydrogen (secondary N) is 1. The highest BCUT2D eigenvalue weighted by atomic mass is 35.5. The summed E-state index contributed by atoms with van der Waals surface area (Å²) in [6.45, 7) is 4.90. The highest BCUT2D eigenvalue weighted by Gasteiger charge is 2.35. The van der Waals surface area contributed by atoms with Crippen molar-refractivity contribution in [1.29, 1.82) is 0 Å². The number of rotatable bonds is 12. The summed E-state index contributed by atoms with van der Waals surface area (Å²) in [6.07, 6.45) is 0.212. The Bertz CT molecular complexity index is 1700. The monoisotopic (exact) mass is 651 g/mol. The van der Waals surface area contributed by atoms with Gasteiger partial charge < -0.3 is 10.2 Å². The van der Waals surface area contributed by atoms with Gasteiger partial charge in [0.15, 0.2) is 0 Å². The zero-order chi connectivity index (χ0) is 31.9. The average Bonchev–Trinajstić information content (AvgIpc) is 2.99. The van der Waals surface area contributed by atoms with Crippen LogP contribution in [-0.2, 0) is 32.6 Å². The molecule has 0 bridgehead atoms. The predicted octanol–water partition coefficient (Wildman–Crippen LogP) is 6.66. The summed E-state index contributed by atoms with van der Waals surface area (Å²) in [5.41, 5.74) is 2.48. The zero-order valence-electron chi connectivity index (χ0n) is 24.8. The summed E-state index contributed by atoms with van der Waals surface area (Å²) in [7, 11) is -4.23. The lowest BCUT2D eigenvalue weighted by Crippen LogP contribution is -2.54. The zero-order valence-corrected chi connectivity index (χ0v) is 27.1. The minimum absolute atomic E-state index is 0.00980. The first-order valence-corrected chi connectivity index (χ1v) is 16.4. The van der Waals surface area contributed by atoms with Gasteiger partial charge in [0.25, 0.3) is 10.0 Å². The standard InChI is InChI=1S/C34H35Cl2N3O4S/c1-24(2)37-34(41)32(21-26-12-5-4-6-13-26)38(22-27-14-8-9-15-30(27)36)33(40)23-39(31-16-10-7-11-25(31)3)44(42,43)29-19-17-28(35)18-20-29/h4-20,24,32H,21-23H2,1-3H3,(H,37,41)/t32-/m1/s1. The van der Waals surface area contributed by atoms with Gasteiger partial charge in [-0.2, -0.15) is 0 Å². The maximum atomic E-state index is 14.5. The van der Waals surface area contributed by atoms with Gasteiger partial charge in [0.05, 0.1) is 10.6 Å². The molecule has 0 fully saturated rings. The van der Waals surface area contributed by atoms with Crippen LogP contribution in [0.15, 0.2) is 108 Å². The van der Waals surface area contributed by atoms with Crippen molar-refractivity contribution in [2.75, 3.05) is 10.8 Å². The molecule has 0 aliphatic heterocycles. The van der Waals surface area contributed by atoms with E-state index in [4.69, 9.17) is 23.2 Å². The third kappa shape index (κ3) is 8.20. The minimum atomic E-state index is -4.23. The van der Waals surface area contributed by atoms with Gasteiger partial charge in [-0.3, -0.25) is 13.9 Å². The second-order valence-corrected chi connectivity index (χ2v) is 13.4. The van der Waals surface area contributed by atoms with Crippen LogP contribution in [0.3, 0.4) is 0 Å². The molecule has 0 radical (unpaired) electrons. The summed E-state index contributed by atoms with van der Waals surface area (Å²) < 4.78 is 29.3. The number of amides is 2. The fraction of sp³-hybridized carbons (Fsp3) is 0.235. The van der Waals surface area contributed by atoms with Crippen LogP contribution < -0.4 is 9.62 Å². The van der Waals surface area contributed by atoms with Crippen LogP contribution in [0.25, 0.3) is 0 Å². The first-order chi connectivity index (χ1) is 21.0. The van der Waals surface area contributed by atoms with Crippen molar-refractivity contribution in [3.63, 3.8) is 0 Å². The summed E-state index contributed by atoms with van der Waals surface area (Å²) in [4.78, 5) is 29.6. The van der Waals surface area contributed by atoms with Crippen molar-refractivity contribution in [3.05, 3.63) is 130 Å². The van der Waals surface area contributed by atoms with Gasteiger partial charge in [-0.15, -0.1) is 0 Å². The Morgan fingerprint density at radius 2 is 1.43 bits per heavy atom. The van der Waals surface area contributed by atoms with Gasteiger partial charge in [-0.1, -0.05) is 89.9 Å². The predicted molar refractivity (Wildman–Crippen MR) is 176 cm³/mol. The number of hydrogen-bond donors (Lipinski definition) is 1. The molecular formula is C34H35Cl2N3O4S. The van der Waals surface area contributed by atoms with Crippen molar-refractivity contribution in [2.45, 2.75) is 50.7 Å². The Hall–Kier alpha value is -3.85. The lowest BCUT2D eigenvalue weighted by Gasteiger charge is -2.34. The number of carbonyl (C=O) groups excluding carboxylic acids is 2. The second-order valence-electron chi connectivity index (χ2n) is 10.7. The van der Waals surface area contributed by atoms with E-state index in [1.807, 2.05) is 44.2 Å². The molecule has 0 aromatic heterocycles. The third-order valence-corrected chi connectivity index (χ3v) is 9.46. The van der Waals surface area contributed by atoms with Gasteiger partial charge in [0.2, 0.25) is 11.8 Å². The van der Waals surface area contributed by atoms with E-state index < -0.39 is 28.5 Å². The fourth-order valence-electron chi connectivity index (χ4n) is 4.84. The Morgan fingerprint density at radius 1 is 0.818 bits per heavy atom. The fourth-order valence-corrected chi connectivity index (χ4v) is 6.64. The molecule has 4 aromatic carbocycles. The van der Waals surface area contributed by atoms with Crippen molar-refractivity contribution in [1.82, 2.24) is 10.2 Å². The topological polar surface area (TPSA) is 86.8 Å². The Morgan fingerprint density at radius 3 is 2.07 bits per heavy atom. The highest BCUT2D eigenvalue weighted by Crippen LogP contribution is 2.29. The van der Waals surface area contributed by atoms with Crippen LogP contribution in [0.2, 0.25) is 10.0 Å². The number of nitrogens with zero attached hydrogens (tertiary/aromatic N) is 2. The summed E-state index contributed by atoms with van der Waals surface area (Å²) in [6, 6.07) is 28.0. The van der Waals surface area contributed by atoms with Gasteiger partial charge in [-0.25, -0.2) is 8.42 Å². The van der Waals surface area contributed by atoms with E-state index in [1.54, 1.807) is 55.5 Å². The second kappa shape index (κ2) is 14.8. The SMILES string of the molecule is Cc1ccccc1N(CC(=O)N(Cc1ccccc1Cl)[C@H](Cc1ccccc1)C(=O)NC(C)C)S(=O)(=O)c1ccc(Cl)cc1. The molecule has 0 aliphatic carbocycles. The average molecular weight is 653 g/mol. The van der Waals surface area contributed by atoms with E-state index in [0.29, 0.717) is 26.9 Å². The van der Waals surface area contributed by atoms with E-state index in [2.05, 4.69) is 5.32 Å². The first kappa shape index (κ1) is 33.1. The molecule has 0 unspecified atom stereocenters. The van der Waals surface area contributed by atoms with E-state index in [1.165, 1.54) is 29.2 Å². The van der Waals surface area contributed by atoms with Crippen LogP contribution in [0, 0.1) is 6.92 Å². The van der Waals surface area contributed by atoms with Crippen molar-refractivity contribution in [2.24, 2.45) is 0 Å². The third-order valence-electron chi connectivity index (χ3n) is 7.07. The molecule has 0 saturated carbocycles. The molecule has 4 rings (SSSR count). The molecule has 0 saturated heterocycles. The molecule has 230 valence electrons. The van der Waals surface area contributed by atoms with Crippen LogP contribution >= 0.6 is 23.2 Å². The van der Waals surface area contributed by atoms with Crippen molar-refractivity contribution in [3.8, 4) is 0 Å². The molecule has 1 N–H and O–H groups in total. The van der Waals surface area contributed by atoms with E-state index in [-0.39, 0.29) is 29.8 Å². The molecule has 0 spiro atoms. The van der Waals surface area contributed by atoms with Gasteiger partial charge in [0.1, 0.15) is 12.6 Å². The number of para-hydroxylation sites is 1. The number of halogens is 2. The number of anilines is 1. The maximum Gasteiger partial charge on any atom is 0.264 e. The van der Waals surface area contributed by atoms with Crippen LogP contribution in [0.4, 0.5) is 5.69 Å². The molecule has 10 heteroatoms. The molecule has 0 aliphatic rings. The van der Waals surface area contributed by atoms with Crippen molar-refractivity contribution < 1.29 is 18.0 Å². The number of aryl methyl sites for hydroxylation is 1. The molecule has 2 amide bonds. The van der Waals surface area contributed by atoms with E-state index in [0.717, 1.165) is 9.87 Å². The Kier molecular flexibility index (Phi) is 11.1.